The van der Waals surface area contributed by atoms with Gasteiger partial charge in [0.15, 0.2) is 5.78 Å². The summed E-state index contributed by atoms with van der Waals surface area (Å²) < 4.78 is 18.3. The third kappa shape index (κ3) is 16.5. The summed E-state index contributed by atoms with van der Waals surface area (Å²) in [6.07, 6.45) is 24.6. The monoisotopic (exact) mass is 446 g/mol. The molecule has 30 heavy (non-hydrogen) atoms. The van der Waals surface area contributed by atoms with Crippen molar-refractivity contribution in [2.75, 3.05) is 27.7 Å². The quantitative estimate of drug-likeness (QED) is 0.0839. The van der Waals surface area contributed by atoms with Gasteiger partial charge in [-0.25, -0.2) is 0 Å². The molecule has 0 aliphatic rings. The van der Waals surface area contributed by atoms with Crippen LogP contribution in [0.1, 0.15) is 117 Å². The van der Waals surface area contributed by atoms with E-state index in [2.05, 4.69) is 19.1 Å². The summed E-state index contributed by atoms with van der Waals surface area (Å²) in [5, 5.41) is 0. The van der Waals surface area contributed by atoms with E-state index in [0.29, 0.717) is 17.5 Å². The van der Waals surface area contributed by atoms with Crippen LogP contribution >= 0.6 is 7.60 Å². The summed E-state index contributed by atoms with van der Waals surface area (Å²) >= 11 is 0. The third-order valence-electron chi connectivity index (χ3n) is 5.82. The van der Waals surface area contributed by atoms with Gasteiger partial charge in [0.05, 0.1) is 27.7 Å². The number of allylic oxidation sites excluding steroid dienone is 2. The summed E-state index contributed by atoms with van der Waals surface area (Å²) in [5.41, 5.74) is 0. The van der Waals surface area contributed by atoms with Crippen LogP contribution in [0.15, 0.2) is 12.2 Å². The lowest BCUT2D eigenvalue weighted by Gasteiger charge is -2.35. The van der Waals surface area contributed by atoms with Crippen LogP contribution in [-0.4, -0.2) is 42.9 Å². The van der Waals surface area contributed by atoms with Crippen LogP contribution in [0.5, 0.6) is 0 Å². The molecule has 2 atom stereocenters. The van der Waals surface area contributed by atoms with Gasteiger partial charge in [-0.15, -0.1) is 0 Å². The minimum atomic E-state index is -3.57. The lowest BCUT2D eigenvalue weighted by molar-refractivity contribution is -0.883. The van der Waals surface area contributed by atoms with Crippen molar-refractivity contribution in [3.63, 3.8) is 0 Å². The SMILES string of the molecule is CCCCCCCCCCCCCCC=CCCCOP(=O)(O)C(CC)[N+](C)(C)C. The number of hydrogen-bond donors (Lipinski definition) is 1. The van der Waals surface area contributed by atoms with Crippen molar-refractivity contribution >= 4 is 7.60 Å². The fourth-order valence-electron chi connectivity index (χ4n) is 4.04. The normalized spacial score (nSPS) is 15.5. The Morgan fingerprint density at radius 3 is 1.63 bits per heavy atom. The maximum atomic E-state index is 12.5. The molecule has 0 aromatic rings. The topological polar surface area (TPSA) is 46.5 Å². The first-order valence-electron chi connectivity index (χ1n) is 12.7. The molecule has 4 nitrogen and oxygen atoms in total. The Bertz CT molecular complexity index is 460. The van der Waals surface area contributed by atoms with Crippen molar-refractivity contribution in [3.8, 4) is 0 Å². The van der Waals surface area contributed by atoms with Crippen LogP contribution in [0, 0.1) is 0 Å². The Kier molecular flexibility index (Phi) is 18.3. The molecule has 0 aliphatic carbocycles. The van der Waals surface area contributed by atoms with Gasteiger partial charge < -0.3 is 13.9 Å². The van der Waals surface area contributed by atoms with E-state index in [0.717, 1.165) is 19.3 Å². The number of hydrogen-bond acceptors (Lipinski definition) is 2. The molecule has 0 bridgehead atoms. The van der Waals surface area contributed by atoms with Gasteiger partial charge in [-0.05, 0) is 25.7 Å². The van der Waals surface area contributed by atoms with E-state index in [1.165, 1.54) is 77.0 Å². The van der Waals surface area contributed by atoms with Gasteiger partial charge in [-0.2, -0.15) is 0 Å². The van der Waals surface area contributed by atoms with Crippen LogP contribution < -0.4 is 0 Å². The molecule has 0 saturated carbocycles. The van der Waals surface area contributed by atoms with Crippen molar-refractivity contribution in [3.05, 3.63) is 12.2 Å². The summed E-state index contributed by atoms with van der Waals surface area (Å²) in [6, 6.07) is 0. The predicted molar refractivity (Wildman–Crippen MR) is 132 cm³/mol. The molecule has 0 spiro atoms. The van der Waals surface area contributed by atoms with Crippen molar-refractivity contribution in [1.82, 2.24) is 0 Å². The molecule has 0 heterocycles. The zero-order valence-electron chi connectivity index (χ0n) is 20.9. The van der Waals surface area contributed by atoms with E-state index >= 15 is 0 Å². The fourth-order valence-corrected chi connectivity index (χ4v) is 5.94. The molecular formula is C25H53NO3P+. The van der Waals surface area contributed by atoms with Gasteiger partial charge in [0.25, 0.3) is 0 Å². The maximum absolute atomic E-state index is 12.5. The molecule has 0 radical (unpaired) electrons. The molecule has 180 valence electrons. The van der Waals surface area contributed by atoms with Gasteiger partial charge in [-0.1, -0.05) is 96.6 Å². The second-order valence-electron chi connectivity index (χ2n) is 9.69. The molecule has 0 fully saturated rings. The van der Waals surface area contributed by atoms with Gasteiger partial charge in [0.1, 0.15) is 0 Å². The largest absolute Gasteiger partial charge is 0.385 e. The highest BCUT2D eigenvalue weighted by molar-refractivity contribution is 7.53. The average Bonchev–Trinajstić information content (AvgIpc) is 2.66. The fraction of sp³-hybridized carbons (Fsp3) is 0.920. The first-order valence-corrected chi connectivity index (χ1v) is 14.3. The summed E-state index contributed by atoms with van der Waals surface area (Å²) in [7, 11) is 2.26. The van der Waals surface area contributed by atoms with Crippen LogP contribution in [0.3, 0.4) is 0 Å². The summed E-state index contributed by atoms with van der Waals surface area (Å²) in [5.74, 6) is -0.362. The minimum Gasteiger partial charge on any atom is -0.320 e. The Morgan fingerprint density at radius 2 is 1.20 bits per heavy atom. The Balaban J connectivity index is 3.53. The molecule has 0 amide bonds. The number of rotatable bonds is 21. The molecule has 0 aliphatic heterocycles. The van der Waals surface area contributed by atoms with Crippen molar-refractivity contribution in [1.29, 1.82) is 0 Å². The van der Waals surface area contributed by atoms with Crippen LogP contribution in [-0.2, 0) is 9.09 Å². The molecule has 0 rings (SSSR count). The van der Waals surface area contributed by atoms with E-state index in [-0.39, 0.29) is 5.78 Å². The van der Waals surface area contributed by atoms with Gasteiger partial charge in [-0.3, -0.25) is 4.57 Å². The highest BCUT2D eigenvalue weighted by Gasteiger charge is 2.41. The highest BCUT2D eigenvalue weighted by atomic mass is 31.2. The van der Waals surface area contributed by atoms with Crippen LogP contribution in [0.4, 0.5) is 0 Å². The highest BCUT2D eigenvalue weighted by Crippen LogP contribution is 2.51. The zero-order valence-corrected chi connectivity index (χ0v) is 21.8. The van der Waals surface area contributed by atoms with Crippen LogP contribution in [0.25, 0.3) is 0 Å². The van der Waals surface area contributed by atoms with E-state index in [1.54, 1.807) is 0 Å². The molecule has 5 heteroatoms. The molecule has 1 N–H and O–H groups in total. The molecule has 0 saturated heterocycles. The van der Waals surface area contributed by atoms with E-state index in [4.69, 9.17) is 4.52 Å². The zero-order chi connectivity index (χ0) is 22.7. The van der Waals surface area contributed by atoms with Crippen molar-refractivity contribution < 1.29 is 18.5 Å². The first kappa shape index (κ1) is 29.9. The number of quaternary nitrogens is 1. The lowest BCUT2D eigenvalue weighted by atomic mass is 10.0. The average molecular weight is 447 g/mol. The smallest absolute Gasteiger partial charge is 0.320 e. The van der Waals surface area contributed by atoms with E-state index in [1.807, 2.05) is 28.1 Å². The lowest BCUT2D eigenvalue weighted by Crippen LogP contribution is -2.44. The molecule has 0 aromatic heterocycles. The Labute approximate surface area is 188 Å². The second-order valence-corrected chi connectivity index (χ2v) is 11.7. The van der Waals surface area contributed by atoms with Gasteiger partial charge in [0.2, 0.25) is 0 Å². The predicted octanol–water partition coefficient (Wildman–Crippen LogP) is 8.06. The minimum absolute atomic E-state index is 0.354. The maximum Gasteiger partial charge on any atom is 0.385 e. The molecule has 2 unspecified atom stereocenters. The third-order valence-corrected chi connectivity index (χ3v) is 8.18. The molecule has 0 aromatic carbocycles. The summed E-state index contributed by atoms with van der Waals surface area (Å²) in [6.45, 7) is 4.57. The standard InChI is InChI=1S/C25H52NO3P/c1-6-8-9-10-11-12-13-14-15-16-17-18-19-20-21-22-23-24-29-30(27,28)25(7-2)26(3,4)5/h20-21,25H,6-19,22-24H2,1-5H3/p+1. The van der Waals surface area contributed by atoms with E-state index < -0.39 is 7.60 Å². The van der Waals surface area contributed by atoms with Gasteiger partial charge in [0, 0.05) is 6.42 Å². The molecular weight excluding hydrogens is 393 g/mol. The van der Waals surface area contributed by atoms with Crippen molar-refractivity contribution in [2.45, 2.75) is 122 Å². The number of nitrogens with zero attached hydrogens (tertiary/aromatic N) is 1. The summed E-state index contributed by atoms with van der Waals surface area (Å²) in [4.78, 5) is 10.2. The van der Waals surface area contributed by atoms with Gasteiger partial charge >= 0.3 is 7.60 Å². The van der Waals surface area contributed by atoms with Crippen molar-refractivity contribution in [2.24, 2.45) is 0 Å². The van der Waals surface area contributed by atoms with E-state index in [9.17, 15) is 9.46 Å². The second kappa shape index (κ2) is 18.4. The first-order chi connectivity index (χ1) is 14.3. The Hall–Kier alpha value is -0.150. The number of unbranched alkanes of at least 4 members (excludes halogenated alkanes) is 13. The Morgan fingerprint density at radius 1 is 0.767 bits per heavy atom. The van der Waals surface area contributed by atoms with Crippen LogP contribution in [0.2, 0.25) is 0 Å².